The Morgan fingerprint density at radius 1 is 1.25 bits per heavy atom. The number of urea groups is 1. The fraction of sp³-hybridized carbons (Fsp3) is 0.294. The summed E-state index contributed by atoms with van der Waals surface area (Å²) < 4.78 is 26.4. The number of nitrogens with one attached hydrogen (secondary N) is 2. The molecular weight excluding hydrogens is 426 g/mol. The van der Waals surface area contributed by atoms with Crippen LogP contribution in [0.15, 0.2) is 34.5 Å². The highest BCUT2D eigenvalue weighted by molar-refractivity contribution is 7.92. The van der Waals surface area contributed by atoms with Gasteiger partial charge in [-0.2, -0.15) is 5.06 Å². The zero-order valence-corrected chi connectivity index (χ0v) is 18.0. The van der Waals surface area contributed by atoms with Crippen molar-refractivity contribution in [2.24, 2.45) is 0 Å². The first-order valence-corrected chi connectivity index (χ1v) is 10.7. The second kappa shape index (κ2) is 8.48. The first-order chi connectivity index (χ1) is 12.9. The molecule has 28 heavy (non-hydrogen) atoms. The van der Waals surface area contributed by atoms with E-state index in [0.717, 1.165) is 16.4 Å². The zero-order chi connectivity index (χ0) is 21.1. The van der Waals surface area contributed by atoms with Gasteiger partial charge in [-0.15, -0.1) is 11.3 Å². The van der Waals surface area contributed by atoms with Crippen LogP contribution in [-0.2, 0) is 19.7 Å². The van der Waals surface area contributed by atoms with Gasteiger partial charge < -0.3 is 5.32 Å². The van der Waals surface area contributed by atoms with E-state index in [4.69, 9.17) is 16.4 Å². The minimum atomic E-state index is -4.02. The summed E-state index contributed by atoms with van der Waals surface area (Å²) in [5, 5.41) is 3.54. The molecule has 0 aliphatic heterocycles. The average Bonchev–Trinajstić information content (AvgIpc) is 2.99. The van der Waals surface area contributed by atoms with Gasteiger partial charge in [0.15, 0.2) is 0 Å². The van der Waals surface area contributed by atoms with Gasteiger partial charge in [0.1, 0.15) is 4.21 Å². The van der Waals surface area contributed by atoms with E-state index in [1.807, 2.05) is 4.72 Å². The number of hydrogen-bond acceptors (Lipinski definition) is 6. The molecule has 0 bridgehead atoms. The van der Waals surface area contributed by atoms with E-state index in [0.29, 0.717) is 27.7 Å². The van der Waals surface area contributed by atoms with Gasteiger partial charge in [-0.3, -0.25) is 9.63 Å². The molecule has 1 aromatic carbocycles. The summed E-state index contributed by atoms with van der Waals surface area (Å²) in [6.45, 7) is 7.15. The van der Waals surface area contributed by atoms with Crippen molar-refractivity contribution in [2.45, 2.75) is 37.5 Å². The SMILES string of the molecule is Cc1cc(NC(=O)NS(=O)(=O)c2ccc(Cl)s2)ccc1N(C=O)OC(C)(C)C. The van der Waals surface area contributed by atoms with Crippen LogP contribution in [0.2, 0.25) is 4.34 Å². The Morgan fingerprint density at radius 3 is 2.43 bits per heavy atom. The Morgan fingerprint density at radius 2 is 1.93 bits per heavy atom. The summed E-state index contributed by atoms with van der Waals surface area (Å²) in [6, 6.07) is 6.52. The molecule has 0 unspecified atom stereocenters. The summed E-state index contributed by atoms with van der Waals surface area (Å²) in [5.74, 6) is 0. The van der Waals surface area contributed by atoms with Gasteiger partial charge in [0.05, 0.1) is 15.6 Å². The first kappa shape index (κ1) is 22.2. The van der Waals surface area contributed by atoms with E-state index in [9.17, 15) is 18.0 Å². The molecule has 2 aromatic rings. The van der Waals surface area contributed by atoms with E-state index in [-0.39, 0.29) is 4.21 Å². The van der Waals surface area contributed by atoms with Crippen molar-refractivity contribution < 1.29 is 22.8 Å². The third-order valence-electron chi connectivity index (χ3n) is 3.20. The van der Waals surface area contributed by atoms with Crippen LogP contribution in [0.5, 0.6) is 0 Å². The molecule has 0 aliphatic rings. The maximum absolute atomic E-state index is 12.1. The molecule has 2 rings (SSSR count). The number of aryl methyl sites for hydroxylation is 1. The number of sulfonamides is 1. The average molecular weight is 446 g/mol. The molecule has 3 amide bonds. The number of thiophene rings is 1. The summed E-state index contributed by atoms with van der Waals surface area (Å²) in [4.78, 5) is 29.0. The fourth-order valence-electron chi connectivity index (χ4n) is 2.17. The van der Waals surface area contributed by atoms with Gasteiger partial charge in [-0.05, 0) is 63.6 Å². The molecule has 0 saturated heterocycles. The second-order valence-corrected chi connectivity index (χ2v) is 10.4. The number of nitrogens with zero attached hydrogens (tertiary/aromatic N) is 1. The van der Waals surface area contributed by atoms with Crippen molar-refractivity contribution in [3.8, 4) is 0 Å². The van der Waals surface area contributed by atoms with Gasteiger partial charge in [0.2, 0.25) is 6.41 Å². The van der Waals surface area contributed by atoms with Crippen molar-refractivity contribution >= 4 is 56.8 Å². The molecule has 8 nitrogen and oxygen atoms in total. The number of carbonyl (C=O) groups excluding carboxylic acids is 2. The maximum Gasteiger partial charge on any atom is 0.333 e. The zero-order valence-electron chi connectivity index (χ0n) is 15.6. The molecule has 0 saturated carbocycles. The predicted octanol–water partition coefficient (Wildman–Crippen LogP) is 3.91. The van der Waals surface area contributed by atoms with Crippen LogP contribution in [0.25, 0.3) is 0 Å². The number of rotatable bonds is 6. The van der Waals surface area contributed by atoms with E-state index in [2.05, 4.69) is 5.32 Å². The maximum atomic E-state index is 12.1. The van der Waals surface area contributed by atoms with Crippen LogP contribution < -0.4 is 15.1 Å². The van der Waals surface area contributed by atoms with Gasteiger partial charge in [-0.25, -0.2) is 17.9 Å². The van der Waals surface area contributed by atoms with E-state index < -0.39 is 21.7 Å². The van der Waals surface area contributed by atoms with Gasteiger partial charge >= 0.3 is 6.03 Å². The highest BCUT2D eigenvalue weighted by atomic mass is 35.5. The normalized spacial score (nSPS) is 11.8. The number of halogens is 1. The Bertz CT molecular complexity index is 983. The van der Waals surface area contributed by atoms with Crippen molar-refractivity contribution in [3.05, 3.63) is 40.2 Å². The van der Waals surface area contributed by atoms with Gasteiger partial charge in [-0.1, -0.05) is 11.6 Å². The number of hydroxylamine groups is 1. The lowest BCUT2D eigenvalue weighted by Crippen LogP contribution is -2.34. The molecule has 0 atom stereocenters. The molecule has 0 aliphatic carbocycles. The number of anilines is 2. The molecule has 0 radical (unpaired) electrons. The minimum absolute atomic E-state index is 0.0693. The van der Waals surface area contributed by atoms with E-state index >= 15 is 0 Å². The van der Waals surface area contributed by atoms with Crippen LogP contribution in [0.1, 0.15) is 26.3 Å². The van der Waals surface area contributed by atoms with Crippen molar-refractivity contribution in [3.63, 3.8) is 0 Å². The number of carbonyl (C=O) groups is 2. The molecule has 11 heteroatoms. The quantitative estimate of drug-likeness (QED) is 0.518. The number of hydrogen-bond donors (Lipinski definition) is 2. The molecule has 152 valence electrons. The summed E-state index contributed by atoms with van der Waals surface area (Å²) in [6.07, 6.45) is 0.548. The smallest absolute Gasteiger partial charge is 0.307 e. The Hall–Kier alpha value is -2.14. The summed E-state index contributed by atoms with van der Waals surface area (Å²) in [5.41, 5.74) is 0.905. The topological polar surface area (TPSA) is 105 Å². The molecular formula is C17H20ClN3O5S2. The van der Waals surface area contributed by atoms with E-state index in [1.54, 1.807) is 39.8 Å². The monoisotopic (exact) mass is 445 g/mol. The van der Waals surface area contributed by atoms with Gasteiger partial charge in [0, 0.05) is 5.69 Å². The Labute approximate surface area is 172 Å². The Balaban J connectivity index is 2.11. The van der Waals surface area contributed by atoms with E-state index in [1.165, 1.54) is 18.2 Å². The van der Waals surface area contributed by atoms with Crippen LogP contribution in [0.4, 0.5) is 16.2 Å². The molecule has 0 fully saturated rings. The molecule has 0 spiro atoms. The minimum Gasteiger partial charge on any atom is -0.307 e. The predicted molar refractivity (Wildman–Crippen MR) is 109 cm³/mol. The second-order valence-electron chi connectivity index (χ2n) is 6.75. The molecule has 2 N–H and O–H groups in total. The third-order valence-corrected chi connectivity index (χ3v) is 6.25. The van der Waals surface area contributed by atoms with Crippen LogP contribution in [-0.4, -0.2) is 26.5 Å². The highest BCUT2D eigenvalue weighted by Gasteiger charge is 2.21. The molecule has 1 aromatic heterocycles. The lowest BCUT2D eigenvalue weighted by molar-refractivity contribution is -0.120. The standard InChI is InChI=1S/C17H20ClN3O5S2/c1-11-9-12(5-6-13(11)21(10-22)26-17(2,3)4)19-16(23)20-28(24,25)15-8-7-14(18)27-15/h5-10H,1-4H3,(H2,19,20,23). The lowest BCUT2D eigenvalue weighted by Gasteiger charge is -2.27. The van der Waals surface area contributed by atoms with Gasteiger partial charge in [0.25, 0.3) is 10.0 Å². The Kier molecular flexibility index (Phi) is 6.71. The van der Waals surface area contributed by atoms with Crippen molar-refractivity contribution in [2.75, 3.05) is 10.4 Å². The van der Waals surface area contributed by atoms with Crippen molar-refractivity contribution in [1.29, 1.82) is 0 Å². The van der Waals surface area contributed by atoms with Crippen LogP contribution in [0.3, 0.4) is 0 Å². The largest absolute Gasteiger partial charge is 0.333 e. The van der Waals surface area contributed by atoms with Crippen LogP contribution >= 0.6 is 22.9 Å². The fourth-order valence-corrected chi connectivity index (χ4v) is 4.56. The first-order valence-electron chi connectivity index (χ1n) is 8.05. The lowest BCUT2D eigenvalue weighted by atomic mass is 10.1. The molecule has 1 heterocycles. The summed E-state index contributed by atoms with van der Waals surface area (Å²) >= 11 is 6.57. The summed E-state index contributed by atoms with van der Waals surface area (Å²) in [7, 11) is -4.02. The number of benzene rings is 1. The van der Waals surface area contributed by atoms with Crippen LogP contribution in [0, 0.1) is 6.92 Å². The number of amides is 3. The van der Waals surface area contributed by atoms with Crippen molar-refractivity contribution in [1.82, 2.24) is 4.72 Å². The third kappa shape index (κ3) is 5.93. The highest BCUT2D eigenvalue weighted by Crippen LogP contribution is 2.27.